The summed E-state index contributed by atoms with van der Waals surface area (Å²) in [6, 6.07) is 39.3. The third kappa shape index (κ3) is 18.7. The first-order valence-electron chi connectivity index (χ1n) is 54.9. The molecule has 0 radical (unpaired) electrons. The number of carbonyl (C=O) groups excluding carboxylic acids is 4. The Labute approximate surface area is 806 Å². The highest BCUT2D eigenvalue weighted by molar-refractivity contribution is 5.96. The lowest BCUT2D eigenvalue weighted by molar-refractivity contribution is -0.0599. The number of para-hydroxylation sites is 8. The van der Waals surface area contributed by atoms with Crippen LogP contribution < -0.4 is 22.2 Å². The SMILES string of the molecule is CC(=O)c1nc2ccccc2n(C2CC3CCCC(C2)N3C2CC3CC(C)CC(C3)C2)c1=O.CC(=O)c1nc2ccccc2n(C2CC3CCCC(C2)N3C2CC3CC(C2)CC(C)(C)C3)c1=O.CC(=O)c1nc2ccccc2n(C2CC3CCCC(C2)N3C2CC3CC(CC(C(C)C)C3)C2)c1=O.CCC1CC2CC(C1)CC(N1C3CCCC1CC(n1c(=O)c(C(C)=O)nc4ccccc41)C3)C2. The maximum absolute atomic E-state index is 13.5. The summed E-state index contributed by atoms with van der Waals surface area (Å²) in [6.07, 6.45) is 52.8. The number of nitrogens with zero attached hydrogens (tertiary/aromatic N) is 12. The number of benzene rings is 4. The van der Waals surface area contributed by atoms with Gasteiger partial charge in [-0.15, -0.1) is 0 Å². The molecule has 20 nitrogen and oxygen atoms in total. The molecular formula is C116H156N12O8. The van der Waals surface area contributed by atoms with Crippen molar-refractivity contribution in [3.63, 3.8) is 0 Å². The second-order valence-corrected chi connectivity index (χ2v) is 48.7. The molecule has 16 atom stereocenters. The first kappa shape index (κ1) is 94.2. The Balaban J connectivity index is 0.000000108. The number of fused-ring (bicyclic) bond motifs is 20. The van der Waals surface area contributed by atoms with Crippen molar-refractivity contribution in [3.05, 3.63) is 161 Å². The quantitative estimate of drug-likeness (QED) is 0.0924. The number of piperidine rings is 8. The molecule has 0 spiro atoms. The zero-order chi connectivity index (χ0) is 94.0. The van der Waals surface area contributed by atoms with Crippen LogP contribution in [0.2, 0.25) is 0 Å². The van der Waals surface area contributed by atoms with E-state index >= 15 is 0 Å². The molecule has 20 heteroatoms. The van der Waals surface area contributed by atoms with Crippen molar-refractivity contribution < 1.29 is 19.2 Å². The monoisotopic (exact) mass is 1850 g/mol. The Bertz CT molecular complexity index is 5930. The molecule has 136 heavy (non-hydrogen) atoms. The molecule has 4 aromatic heterocycles. The summed E-state index contributed by atoms with van der Waals surface area (Å²) in [5, 5.41) is 0. The molecule has 8 aliphatic heterocycles. The van der Waals surface area contributed by atoms with Gasteiger partial charge in [0.2, 0.25) is 0 Å². The van der Waals surface area contributed by atoms with E-state index < -0.39 is 0 Å². The number of rotatable bonds is 14. The van der Waals surface area contributed by atoms with Gasteiger partial charge in [-0.05, 0) is 356 Å². The predicted molar refractivity (Wildman–Crippen MR) is 541 cm³/mol. The van der Waals surface area contributed by atoms with Crippen LogP contribution in [-0.4, -0.2) is 153 Å². The van der Waals surface area contributed by atoms with Gasteiger partial charge in [0, 0.05) is 124 Å². The molecule has 16 bridgehead atoms. The van der Waals surface area contributed by atoms with Gasteiger partial charge < -0.3 is 18.3 Å². The normalized spacial score (nSPS) is 35.8. The highest BCUT2D eigenvalue weighted by atomic mass is 16.2. The van der Waals surface area contributed by atoms with Crippen LogP contribution >= 0.6 is 0 Å². The van der Waals surface area contributed by atoms with Gasteiger partial charge in [0.15, 0.2) is 45.9 Å². The molecule has 728 valence electrons. The fourth-order valence-electron chi connectivity index (χ4n) is 34.1. The Hall–Kier alpha value is -8.04. The van der Waals surface area contributed by atoms with Crippen molar-refractivity contribution in [2.24, 2.45) is 76.4 Å². The van der Waals surface area contributed by atoms with Gasteiger partial charge >= 0.3 is 0 Å². The first-order valence-corrected chi connectivity index (χ1v) is 54.9. The van der Waals surface area contributed by atoms with Gasteiger partial charge in [0.25, 0.3) is 22.2 Å². The van der Waals surface area contributed by atoms with E-state index in [1.165, 1.54) is 240 Å². The summed E-state index contributed by atoms with van der Waals surface area (Å²) >= 11 is 0. The van der Waals surface area contributed by atoms with Gasteiger partial charge in [0.1, 0.15) is 0 Å². The van der Waals surface area contributed by atoms with E-state index in [1.54, 1.807) is 0 Å². The van der Waals surface area contributed by atoms with Gasteiger partial charge in [-0.3, -0.25) is 58.0 Å². The number of ketones is 4. The average molecular weight is 1850 g/mol. The number of hydrogen-bond donors (Lipinski definition) is 0. The van der Waals surface area contributed by atoms with E-state index in [1.807, 2.05) is 115 Å². The summed E-state index contributed by atoms with van der Waals surface area (Å²) < 4.78 is 7.78. The second-order valence-electron chi connectivity index (χ2n) is 48.7. The van der Waals surface area contributed by atoms with Gasteiger partial charge in [-0.25, -0.2) is 19.9 Å². The maximum atomic E-state index is 13.5. The van der Waals surface area contributed by atoms with Crippen molar-refractivity contribution in [1.29, 1.82) is 0 Å². The van der Waals surface area contributed by atoms with Crippen LogP contribution in [0, 0.1) is 76.4 Å². The number of hydrogen-bond acceptors (Lipinski definition) is 16. The van der Waals surface area contributed by atoms with Crippen LogP contribution in [0.1, 0.15) is 399 Å². The van der Waals surface area contributed by atoms with Crippen molar-refractivity contribution >= 4 is 67.3 Å². The minimum absolute atomic E-state index is 0.0917. The molecule has 16 unspecified atom stereocenters. The summed E-state index contributed by atoms with van der Waals surface area (Å²) in [4.78, 5) is 132. The first-order chi connectivity index (χ1) is 65.7. The van der Waals surface area contributed by atoms with Crippen LogP contribution in [0.4, 0.5) is 0 Å². The summed E-state index contributed by atoms with van der Waals surface area (Å²) in [5.74, 6) is 9.92. The predicted octanol–water partition coefficient (Wildman–Crippen LogP) is 22.9. The van der Waals surface area contributed by atoms with E-state index in [2.05, 4.69) is 81.1 Å². The Morgan fingerprint density at radius 3 is 0.772 bits per heavy atom. The van der Waals surface area contributed by atoms with Crippen LogP contribution in [0.15, 0.2) is 116 Å². The topological polar surface area (TPSA) is 221 Å². The van der Waals surface area contributed by atoms with Crippen molar-refractivity contribution in [2.45, 2.75) is 429 Å². The fourth-order valence-corrected chi connectivity index (χ4v) is 34.1. The van der Waals surface area contributed by atoms with Crippen LogP contribution in [-0.2, 0) is 0 Å². The third-order valence-electron chi connectivity index (χ3n) is 38.5. The third-order valence-corrected chi connectivity index (χ3v) is 38.5. The minimum Gasteiger partial charge on any atom is -0.302 e. The van der Waals surface area contributed by atoms with Crippen LogP contribution in [0.3, 0.4) is 0 Å². The number of carbonyl (C=O) groups is 4. The van der Waals surface area contributed by atoms with E-state index in [9.17, 15) is 38.4 Å². The average Bonchev–Trinajstić information content (AvgIpc) is 0.750. The summed E-state index contributed by atoms with van der Waals surface area (Å²) in [7, 11) is 0. The lowest BCUT2D eigenvalue weighted by Crippen LogP contribution is -2.59. The Morgan fingerprint density at radius 2 is 0.529 bits per heavy atom. The van der Waals surface area contributed by atoms with Gasteiger partial charge in [-0.2, -0.15) is 0 Å². The van der Waals surface area contributed by atoms with Gasteiger partial charge in [0.05, 0.1) is 44.1 Å². The molecule has 4 aromatic carbocycles. The van der Waals surface area contributed by atoms with Crippen LogP contribution in [0.5, 0.6) is 0 Å². The maximum Gasteiger partial charge on any atom is 0.280 e. The Kier molecular flexibility index (Phi) is 27.1. The lowest BCUT2D eigenvalue weighted by atomic mass is 9.60. The standard InChI is InChI=1S/C30H41N3O2.2C29H39N3O2.C28H37N3O2/c1-18(2)22-12-20-11-21(13-22)15-25(14-20)32-23-7-6-8-24(32)17-26(16-23)33-28-10-5-4-9-27(28)31-29(19(3)34)30(33)35;1-18(33)27-28(34)32(26-10-5-4-9-25(26)30-27)24-14-21-7-6-8-22(15-24)31(21)23-12-19-11-20(13-23)17-29(2,3)16-19;1-3-19-11-20-13-21(12-19)15-24(14-20)31-22-7-6-8-23(31)17-25(16-22)32-27-10-5-4-9-26(27)30-28(18(2)33)29(32)34;1-17-10-19-12-20(11-17)14-23(13-19)30-21-6-5-7-22(30)16-24(15-21)31-26-9-4-3-8-25(26)29-27(18(2)32)28(31)33/h4-5,9-10,18,20-26H,6-8,11-17H2,1-3H3;4-5,9-10,19-24H,6-8,11-17H2,1-3H3;4-5,9-10,19-25H,3,6-8,11-17H2,1-2H3;3-4,8-9,17,19-24H,5-7,10-16H2,1-2H3. The number of aromatic nitrogens is 8. The smallest absolute Gasteiger partial charge is 0.280 e. The zero-order valence-corrected chi connectivity index (χ0v) is 83.5. The fraction of sp³-hybridized carbons (Fsp3) is 0.690. The Morgan fingerprint density at radius 1 is 0.301 bits per heavy atom. The highest BCUT2D eigenvalue weighted by Gasteiger charge is 2.53. The molecule has 0 amide bonds. The van der Waals surface area contributed by atoms with E-state index in [4.69, 9.17) is 0 Å². The van der Waals surface area contributed by atoms with Crippen molar-refractivity contribution in [1.82, 2.24) is 57.8 Å². The largest absolute Gasteiger partial charge is 0.302 e. The molecule has 12 heterocycles. The van der Waals surface area contributed by atoms with E-state index in [0.29, 0.717) is 53.7 Å². The summed E-state index contributed by atoms with van der Waals surface area (Å²) in [5.41, 5.74) is 6.64. The molecule has 24 rings (SSSR count). The molecule has 8 aromatic rings. The minimum atomic E-state index is -0.237. The van der Waals surface area contributed by atoms with E-state index in [-0.39, 0.29) is 92.3 Å². The van der Waals surface area contributed by atoms with Crippen molar-refractivity contribution in [3.8, 4) is 0 Å². The highest BCUT2D eigenvalue weighted by Crippen LogP contribution is 2.57. The van der Waals surface area contributed by atoms with E-state index in [0.717, 1.165) is 191 Å². The number of Topliss-reactive ketones (excluding diaryl/α,β-unsaturated/α-hetero) is 4. The zero-order valence-electron chi connectivity index (χ0n) is 83.5. The lowest BCUT2D eigenvalue weighted by Gasteiger charge is -2.56. The molecule has 16 fully saturated rings. The van der Waals surface area contributed by atoms with Crippen LogP contribution in [0.25, 0.3) is 44.1 Å². The molecule has 8 saturated carbocycles. The molecule has 16 aliphatic rings. The summed E-state index contributed by atoms with van der Waals surface area (Å²) in [6.45, 7) is 20.4. The van der Waals surface area contributed by atoms with Gasteiger partial charge in [-0.1, -0.05) is 122 Å². The molecule has 8 saturated heterocycles. The molecular weight excluding hydrogens is 1690 g/mol. The van der Waals surface area contributed by atoms with Crippen molar-refractivity contribution in [2.75, 3.05) is 0 Å². The molecule has 8 aliphatic carbocycles. The second kappa shape index (κ2) is 39.1. The molecule has 0 N–H and O–H groups in total.